The molecule has 3 heteroatoms. The fraction of sp³-hybridized carbons (Fsp3) is 0.480. The van der Waals surface area contributed by atoms with Crippen molar-refractivity contribution in [2.45, 2.75) is 65.7 Å². The molecule has 0 spiro atoms. The maximum atomic E-state index is 12.1. The number of carbonyl (C=O) groups is 1. The van der Waals surface area contributed by atoms with Crippen molar-refractivity contribution in [3.8, 4) is 11.5 Å². The van der Waals surface area contributed by atoms with E-state index in [4.69, 9.17) is 4.74 Å². The standard InChI is InChI=1S/C25H32O3/c1-16(2)23-13-20(8-9-25(23)27)14-24-17(3)10-22(11-18(24)4)28-15-21(26)12-19-6-5-7-19/h8-11,13,16,19,27H,5-7,12,14-15H2,1-4H3. The lowest BCUT2D eigenvalue weighted by Gasteiger charge is -2.24. The molecular formula is C25H32O3. The van der Waals surface area contributed by atoms with Crippen molar-refractivity contribution in [1.29, 1.82) is 0 Å². The molecule has 0 radical (unpaired) electrons. The van der Waals surface area contributed by atoms with Crippen LogP contribution in [0.2, 0.25) is 0 Å². The largest absolute Gasteiger partial charge is 0.508 e. The molecule has 0 atom stereocenters. The molecular weight excluding hydrogens is 348 g/mol. The zero-order valence-electron chi connectivity index (χ0n) is 17.5. The van der Waals surface area contributed by atoms with Gasteiger partial charge in [-0.3, -0.25) is 4.79 Å². The molecule has 1 fully saturated rings. The highest BCUT2D eigenvalue weighted by atomic mass is 16.5. The van der Waals surface area contributed by atoms with E-state index in [1.165, 1.54) is 41.5 Å². The minimum Gasteiger partial charge on any atom is -0.508 e. The zero-order valence-corrected chi connectivity index (χ0v) is 17.5. The van der Waals surface area contributed by atoms with Crippen LogP contribution < -0.4 is 4.74 Å². The second kappa shape index (κ2) is 8.81. The monoisotopic (exact) mass is 380 g/mol. The van der Waals surface area contributed by atoms with E-state index in [9.17, 15) is 9.90 Å². The summed E-state index contributed by atoms with van der Waals surface area (Å²) in [5, 5.41) is 10.1. The summed E-state index contributed by atoms with van der Waals surface area (Å²) >= 11 is 0. The Hall–Kier alpha value is -2.29. The highest BCUT2D eigenvalue weighted by Crippen LogP contribution is 2.31. The second-order valence-electron chi connectivity index (χ2n) is 8.59. The third-order valence-corrected chi connectivity index (χ3v) is 5.91. The Morgan fingerprint density at radius 1 is 1.14 bits per heavy atom. The molecule has 1 aliphatic rings. The number of phenols is 1. The van der Waals surface area contributed by atoms with E-state index in [0.29, 0.717) is 18.1 Å². The Morgan fingerprint density at radius 3 is 2.39 bits per heavy atom. The van der Waals surface area contributed by atoms with E-state index in [-0.39, 0.29) is 18.3 Å². The molecule has 1 saturated carbocycles. The maximum absolute atomic E-state index is 12.1. The molecule has 0 amide bonds. The molecule has 0 heterocycles. The van der Waals surface area contributed by atoms with Crippen molar-refractivity contribution in [3.63, 3.8) is 0 Å². The molecule has 150 valence electrons. The van der Waals surface area contributed by atoms with E-state index in [0.717, 1.165) is 17.7 Å². The molecule has 0 saturated heterocycles. The Balaban J connectivity index is 1.68. The molecule has 28 heavy (non-hydrogen) atoms. The normalized spacial score (nSPS) is 14.2. The van der Waals surface area contributed by atoms with Crippen molar-refractivity contribution < 1.29 is 14.6 Å². The molecule has 1 aliphatic carbocycles. The second-order valence-corrected chi connectivity index (χ2v) is 8.59. The van der Waals surface area contributed by atoms with Crippen LogP contribution in [0.1, 0.15) is 73.3 Å². The van der Waals surface area contributed by atoms with Gasteiger partial charge in [-0.25, -0.2) is 0 Å². The van der Waals surface area contributed by atoms with Gasteiger partial charge in [0.15, 0.2) is 5.78 Å². The number of aromatic hydroxyl groups is 1. The van der Waals surface area contributed by atoms with Crippen LogP contribution in [0.3, 0.4) is 0 Å². The Kier molecular flexibility index (Phi) is 6.43. The maximum Gasteiger partial charge on any atom is 0.170 e. The van der Waals surface area contributed by atoms with E-state index in [1.807, 2.05) is 18.2 Å². The summed E-state index contributed by atoms with van der Waals surface area (Å²) in [4.78, 5) is 12.1. The molecule has 0 aromatic heterocycles. The van der Waals surface area contributed by atoms with Crippen LogP contribution in [-0.2, 0) is 11.2 Å². The van der Waals surface area contributed by atoms with Crippen molar-refractivity contribution in [2.24, 2.45) is 5.92 Å². The minimum absolute atomic E-state index is 0.171. The van der Waals surface area contributed by atoms with Gasteiger partial charge in [0.05, 0.1) is 0 Å². The number of carbonyl (C=O) groups excluding carboxylic acids is 1. The molecule has 2 aromatic rings. The number of ether oxygens (including phenoxy) is 1. The van der Waals surface area contributed by atoms with Gasteiger partial charge in [0.2, 0.25) is 0 Å². The van der Waals surface area contributed by atoms with Crippen LogP contribution in [0.15, 0.2) is 30.3 Å². The lowest BCUT2D eigenvalue weighted by atomic mass is 9.82. The van der Waals surface area contributed by atoms with E-state index >= 15 is 0 Å². The number of aryl methyl sites for hydroxylation is 2. The molecule has 0 aliphatic heterocycles. The van der Waals surface area contributed by atoms with E-state index in [1.54, 1.807) is 6.07 Å². The summed E-state index contributed by atoms with van der Waals surface area (Å²) < 4.78 is 5.79. The highest BCUT2D eigenvalue weighted by Gasteiger charge is 2.20. The summed E-state index contributed by atoms with van der Waals surface area (Å²) in [5.41, 5.74) is 5.78. The number of ketones is 1. The number of rotatable bonds is 8. The van der Waals surface area contributed by atoms with Crippen LogP contribution in [0.4, 0.5) is 0 Å². The quantitative estimate of drug-likeness (QED) is 0.624. The number of hydrogen-bond donors (Lipinski definition) is 1. The zero-order chi connectivity index (χ0) is 20.3. The van der Waals surface area contributed by atoms with E-state index < -0.39 is 0 Å². The van der Waals surface area contributed by atoms with Crippen LogP contribution in [0, 0.1) is 19.8 Å². The summed E-state index contributed by atoms with van der Waals surface area (Å²) in [6, 6.07) is 9.94. The third kappa shape index (κ3) is 4.95. The first-order chi connectivity index (χ1) is 13.3. The topological polar surface area (TPSA) is 46.5 Å². The van der Waals surface area contributed by atoms with Crippen LogP contribution in [0.5, 0.6) is 11.5 Å². The van der Waals surface area contributed by atoms with Gasteiger partial charge in [-0.05, 0) is 78.1 Å². The first-order valence-corrected chi connectivity index (χ1v) is 10.4. The van der Waals surface area contributed by atoms with Crippen LogP contribution in [-0.4, -0.2) is 17.5 Å². The van der Waals surface area contributed by atoms with Gasteiger partial charge >= 0.3 is 0 Å². The Morgan fingerprint density at radius 2 is 1.82 bits per heavy atom. The fourth-order valence-electron chi connectivity index (χ4n) is 3.94. The number of Topliss-reactive ketones (excluding diaryl/α,β-unsaturated/α-hetero) is 1. The molecule has 0 bridgehead atoms. The lowest BCUT2D eigenvalue weighted by Crippen LogP contribution is -2.20. The Bertz CT molecular complexity index is 824. The summed E-state index contributed by atoms with van der Waals surface area (Å²) in [6.45, 7) is 8.54. The molecule has 2 aromatic carbocycles. The predicted octanol–water partition coefficient (Wildman–Crippen LogP) is 5.86. The third-order valence-electron chi connectivity index (χ3n) is 5.91. The summed E-state index contributed by atoms with van der Waals surface area (Å²) in [5.74, 6) is 2.21. The van der Waals surface area contributed by atoms with Gasteiger partial charge in [0.1, 0.15) is 18.1 Å². The summed E-state index contributed by atoms with van der Waals surface area (Å²) in [6.07, 6.45) is 5.12. The highest BCUT2D eigenvalue weighted by molar-refractivity contribution is 5.80. The number of phenolic OH excluding ortho intramolecular Hbond substituents is 1. The SMILES string of the molecule is Cc1cc(OCC(=O)CC2CCC2)cc(C)c1Cc1ccc(O)c(C(C)C)c1. The van der Waals surface area contributed by atoms with Gasteiger partial charge < -0.3 is 9.84 Å². The van der Waals surface area contributed by atoms with E-state index in [2.05, 4.69) is 33.8 Å². The van der Waals surface area contributed by atoms with Gasteiger partial charge in [-0.2, -0.15) is 0 Å². The van der Waals surface area contributed by atoms with Crippen LogP contribution in [0.25, 0.3) is 0 Å². The molecule has 1 N–H and O–H groups in total. The first kappa shape index (κ1) is 20.4. The van der Waals surface area contributed by atoms with Crippen molar-refractivity contribution in [1.82, 2.24) is 0 Å². The molecule has 3 rings (SSSR count). The van der Waals surface area contributed by atoms with Gasteiger partial charge in [0.25, 0.3) is 0 Å². The van der Waals surface area contributed by atoms with Gasteiger partial charge in [-0.1, -0.05) is 45.2 Å². The smallest absolute Gasteiger partial charge is 0.170 e. The predicted molar refractivity (Wildman–Crippen MR) is 113 cm³/mol. The van der Waals surface area contributed by atoms with Crippen molar-refractivity contribution in [2.75, 3.05) is 6.61 Å². The number of benzene rings is 2. The van der Waals surface area contributed by atoms with Gasteiger partial charge in [-0.15, -0.1) is 0 Å². The molecule has 3 nitrogen and oxygen atoms in total. The van der Waals surface area contributed by atoms with Gasteiger partial charge in [0, 0.05) is 6.42 Å². The fourth-order valence-corrected chi connectivity index (χ4v) is 3.94. The summed E-state index contributed by atoms with van der Waals surface area (Å²) in [7, 11) is 0. The molecule has 0 unspecified atom stereocenters. The Labute approximate surface area is 168 Å². The lowest BCUT2D eigenvalue weighted by molar-refractivity contribution is -0.122. The van der Waals surface area contributed by atoms with Crippen molar-refractivity contribution >= 4 is 5.78 Å². The van der Waals surface area contributed by atoms with Crippen molar-refractivity contribution in [3.05, 3.63) is 58.1 Å². The average Bonchev–Trinajstić information content (AvgIpc) is 2.60. The number of hydrogen-bond acceptors (Lipinski definition) is 3. The minimum atomic E-state index is 0.171. The average molecular weight is 381 g/mol. The first-order valence-electron chi connectivity index (χ1n) is 10.4. The van der Waals surface area contributed by atoms with Crippen LogP contribution >= 0.6 is 0 Å².